The molecule has 3 aromatic rings. The summed E-state index contributed by atoms with van der Waals surface area (Å²) in [7, 11) is -1.90. The molecule has 0 atom stereocenters. The van der Waals surface area contributed by atoms with Gasteiger partial charge in [-0.15, -0.1) is 0 Å². The minimum Gasteiger partial charge on any atom is -0.274 e. The highest BCUT2D eigenvalue weighted by Gasteiger charge is 2.28. The maximum absolute atomic E-state index is 13.3. The van der Waals surface area contributed by atoms with Gasteiger partial charge in [0, 0.05) is 26.3 Å². The van der Waals surface area contributed by atoms with Gasteiger partial charge in [0.05, 0.1) is 5.69 Å². The first-order chi connectivity index (χ1) is 12.5. The van der Waals surface area contributed by atoms with Crippen molar-refractivity contribution in [2.45, 2.75) is 24.8 Å². The van der Waals surface area contributed by atoms with Crippen LogP contribution in [-0.4, -0.2) is 29.0 Å². The SMILES string of the molecule is Cc1nn(C)cc1S(=O)(=O)N(CCc1ccccc1)Cc1ccccc1. The Morgan fingerprint density at radius 3 is 2.08 bits per heavy atom. The number of nitrogens with zero attached hydrogens (tertiary/aromatic N) is 3. The van der Waals surface area contributed by atoms with E-state index in [4.69, 9.17) is 0 Å². The number of hydrogen-bond acceptors (Lipinski definition) is 3. The Bertz CT molecular complexity index is 951. The summed E-state index contributed by atoms with van der Waals surface area (Å²) in [5.41, 5.74) is 2.60. The average molecular weight is 369 g/mol. The molecule has 0 aliphatic rings. The van der Waals surface area contributed by atoms with Gasteiger partial charge < -0.3 is 0 Å². The lowest BCUT2D eigenvalue weighted by atomic mass is 10.1. The van der Waals surface area contributed by atoms with Crippen LogP contribution in [0.1, 0.15) is 16.8 Å². The normalized spacial score (nSPS) is 11.8. The molecule has 0 spiro atoms. The van der Waals surface area contributed by atoms with Crippen LogP contribution in [0.25, 0.3) is 0 Å². The average Bonchev–Trinajstić information content (AvgIpc) is 2.99. The van der Waals surface area contributed by atoms with Gasteiger partial charge in [-0.3, -0.25) is 4.68 Å². The molecule has 0 unspecified atom stereocenters. The number of hydrogen-bond donors (Lipinski definition) is 0. The van der Waals surface area contributed by atoms with Crippen molar-refractivity contribution in [3.63, 3.8) is 0 Å². The fraction of sp³-hybridized carbons (Fsp3) is 0.250. The molecule has 1 aromatic heterocycles. The van der Waals surface area contributed by atoms with Gasteiger partial charge in [0.2, 0.25) is 10.0 Å². The molecule has 26 heavy (non-hydrogen) atoms. The molecule has 0 radical (unpaired) electrons. The lowest BCUT2D eigenvalue weighted by molar-refractivity contribution is 0.409. The van der Waals surface area contributed by atoms with Gasteiger partial charge >= 0.3 is 0 Å². The van der Waals surface area contributed by atoms with Gasteiger partial charge in [0.15, 0.2) is 0 Å². The third-order valence-corrected chi connectivity index (χ3v) is 6.23. The fourth-order valence-electron chi connectivity index (χ4n) is 2.94. The molecule has 3 rings (SSSR count). The second-order valence-corrected chi connectivity index (χ2v) is 8.22. The standard InChI is InChI=1S/C20H23N3O2S/c1-17-20(16-22(2)21-17)26(24,25)23(15-19-11-7-4-8-12-19)14-13-18-9-5-3-6-10-18/h3-12,16H,13-15H2,1-2H3. The van der Waals surface area contributed by atoms with E-state index >= 15 is 0 Å². The molecule has 6 heteroatoms. The summed E-state index contributed by atoms with van der Waals surface area (Å²) in [6.45, 7) is 2.48. The van der Waals surface area contributed by atoms with Crippen molar-refractivity contribution >= 4 is 10.0 Å². The highest BCUT2D eigenvalue weighted by molar-refractivity contribution is 7.89. The smallest absolute Gasteiger partial charge is 0.246 e. The van der Waals surface area contributed by atoms with Crippen molar-refractivity contribution in [2.24, 2.45) is 7.05 Å². The first kappa shape index (κ1) is 18.4. The van der Waals surface area contributed by atoms with Crippen molar-refractivity contribution in [1.29, 1.82) is 0 Å². The predicted molar refractivity (Wildman–Crippen MR) is 102 cm³/mol. The van der Waals surface area contributed by atoms with Gasteiger partial charge in [0.1, 0.15) is 4.90 Å². The zero-order chi connectivity index (χ0) is 18.6. The van der Waals surface area contributed by atoms with Crippen LogP contribution in [0, 0.1) is 6.92 Å². The second kappa shape index (κ2) is 7.85. The number of rotatable bonds is 7. The molecule has 0 amide bonds. The van der Waals surface area contributed by atoms with Crippen LogP contribution in [0.4, 0.5) is 0 Å². The molecule has 2 aromatic carbocycles. The topological polar surface area (TPSA) is 55.2 Å². The molecule has 5 nitrogen and oxygen atoms in total. The third kappa shape index (κ3) is 4.20. The molecule has 0 fully saturated rings. The van der Waals surface area contributed by atoms with Gasteiger partial charge in [-0.2, -0.15) is 9.40 Å². The Morgan fingerprint density at radius 1 is 0.962 bits per heavy atom. The Kier molecular flexibility index (Phi) is 5.54. The monoisotopic (exact) mass is 369 g/mol. The van der Waals surface area contributed by atoms with Crippen LogP contribution in [0.5, 0.6) is 0 Å². The molecule has 1 heterocycles. The van der Waals surface area contributed by atoms with E-state index in [1.54, 1.807) is 29.2 Å². The van der Waals surface area contributed by atoms with E-state index in [2.05, 4.69) is 5.10 Å². The summed E-state index contributed by atoms with van der Waals surface area (Å²) < 4.78 is 29.6. The van der Waals surface area contributed by atoms with E-state index < -0.39 is 10.0 Å². The van der Waals surface area contributed by atoms with Crippen LogP contribution >= 0.6 is 0 Å². The Hall–Kier alpha value is -2.44. The van der Waals surface area contributed by atoms with Crippen molar-refractivity contribution in [2.75, 3.05) is 6.54 Å². The van der Waals surface area contributed by atoms with Crippen molar-refractivity contribution < 1.29 is 8.42 Å². The van der Waals surface area contributed by atoms with Gasteiger partial charge in [-0.1, -0.05) is 60.7 Å². The first-order valence-corrected chi connectivity index (χ1v) is 9.99. The molecule has 0 bridgehead atoms. The van der Waals surface area contributed by atoms with Crippen LogP contribution in [0.3, 0.4) is 0 Å². The second-order valence-electron chi connectivity index (χ2n) is 6.31. The van der Waals surface area contributed by atoms with Crippen LogP contribution in [0.15, 0.2) is 71.8 Å². The van der Waals surface area contributed by atoms with Gasteiger partial charge in [0.25, 0.3) is 0 Å². The van der Waals surface area contributed by atoms with Gasteiger partial charge in [-0.05, 0) is 24.5 Å². The zero-order valence-corrected chi connectivity index (χ0v) is 15.9. The summed E-state index contributed by atoms with van der Waals surface area (Å²) in [4.78, 5) is 0.268. The van der Waals surface area contributed by atoms with E-state index in [0.29, 0.717) is 25.2 Å². The van der Waals surface area contributed by atoms with E-state index in [-0.39, 0.29) is 4.90 Å². The quantitative estimate of drug-likeness (QED) is 0.643. The highest BCUT2D eigenvalue weighted by atomic mass is 32.2. The maximum Gasteiger partial charge on any atom is 0.246 e. The summed E-state index contributed by atoms with van der Waals surface area (Å²) in [6.07, 6.45) is 2.23. The number of aryl methyl sites for hydroxylation is 2. The minimum atomic E-state index is -3.63. The van der Waals surface area contributed by atoms with Crippen LogP contribution < -0.4 is 0 Å². The third-order valence-electron chi connectivity index (χ3n) is 4.28. The van der Waals surface area contributed by atoms with Crippen LogP contribution in [0.2, 0.25) is 0 Å². The Labute approximate surface area is 154 Å². The van der Waals surface area contributed by atoms with E-state index in [1.807, 2.05) is 60.7 Å². The number of sulfonamides is 1. The summed E-state index contributed by atoms with van der Waals surface area (Å²) in [6, 6.07) is 19.6. The molecule has 0 saturated heterocycles. The molecular formula is C20H23N3O2S. The maximum atomic E-state index is 13.3. The lowest BCUT2D eigenvalue weighted by Gasteiger charge is -2.22. The lowest BCUT2D eigenvalue weighted by Crippen LogP contribution is -2.32. The van der Waals surface area contributed by atoms with E-state index in [0.717, 1.165) is 11.1 Å². The summed E-state index contributed by atoms with van der Waals surface area (Å²) >= 11 is 0. The highest BCUT2D eigenvalue weighted by Crippen LogP contribution is 2.21. The van der Waals surface area contributed by atoms with E-state index in [9.17, 15) is 8.42 Å². The molecule has 0 aliphatic carbocycles. The van der Waals surface area contributed by atoms with Gasteiger partial charge in [-0.25, -0.2) is 8.42 Å². The first-order valence-electron chi connectivity index (χ1n) is 8.55. The summed E-state index contributed by atoms with van der Waals surface area (Å²) in [5.74, 6) is 0. The molecule has 0 N–H and O–H groups in total. The van der Waals surface area contributed by atoms with Crippen molar-refractivity contribution in [3.8, 4) is 0 Å². The number of aromatic nitrogens is 2. The number of benzene rings is 2. The summed E-state index contributed by atoms with van der Waals surface area (Å²) in [5, 5.41) is 4.20. The van der Waals surface area contributed by atoms with Crippen molar-refractivity contribution in [1.82, 2.24) is 14.1 Å². The largest absolute Gasteiger partial charge is 0.274 e. The molecule has 0 saturated carbocycles. The molecule has 136 valence electrons. The molecular weight excluding hydrogens is 346 g/mol. The minimum absolute atomic E-state index is 0.268. The van der Waals surface area contributed by atoms with E-state index in [1.165, 1.54) is 0 Å². The molecule has 0 aliphatic heterocycles. The fourth-order valence-corrected chi connectivity index (χ4v) is 4.57. The predicted octanol–water partition coefficient (Wildman–Crippen LogP) is 3.16. The van der Waals surface area contributed by atoms with Crippen molar-refractivity contribution in [3.05, 3.63) is 83.7 Å². The Balaban J connectivity index is 1.90. The van der Waals surface area contributed by atoms with Crippen LogP contribution in [-0.2, 0) is 30.0 Å². The zero-order valence-electron chi connectivity index (χ0n) is 15.0. The Morgan fingerprint density at radius 2 is 1.54 bits per heavy atom.